The number of carbonyl (C=O) groups is 1. The molecular weight excluding hydrogens is 324 g/mol. The Morgan fingerprint density at radius 2 is 2.19 bits per heavy atom. The molecule has 3 heterocycles. The highest BCUT2D eigenvalue weighted by atomic mass is 16.2. The van der Waals surface area contributed by atoms with Gasteiger partial charge >= 0.3 is 0 Å². The number of amides is 1. The number of rotatable bonds is 4. The number of nitrogens with zero attached hydrogens (tertiary/aromatic N) is 3. The van der Waals surface area contributed by atoms with Gasteiger partial charge in [0, 0.05) is 54.4 Å². The zero-order valence-corrected chi connectivity index (χ0v) is 15.1. The molecule has 0 saturated carbocycles. The van der Waals surface area contributed by atoms with Gasteiger partial charge in [0.1, 0.15) is 5.82 Å². The first-order valence-corrected chi connectivity index (χ1v) is 9.33. The Hall–Kier alpha value is -2.69. The van der Waals surface area contributed by atoms with Crippen molar-refractivity contribution in [1.29, 1.82) is 0 Å². The number of H-pyrrole nitrogens is 1. The van der Waals surface area contributed by atoms with E-state index in [1.165, 1.54) is 10.9 Å². The molecule has 5 nitrogen and oxygen atoms in total. The summed E-state index contributed by atoms with van der Waals surface area (Å²) < 4.78 is 0. The van der Waals surface area contributed by atoms with E-state index < -0.39 is 0 Å². The van der Waals surface area contributed by atoms with Gasteiger partial charge in [0.25, 0.3) is 0 Å². The summed E-state index contributed by atoms with van der Waals surface area (Å²) in [6.45, 7) is 3.53. The maximum absolute atomic E-state index is 12.8. The smallest absolute Gasteiger partial charge is 0.222 e. The molecule has 1 N–H and O–H groups in total. The Bertz CT molecular complexity index is 917. The molecule has 1 saturated heterocycles. The van der Waals surface area contributed by atoms with E-state index in [0.717, 1.165) is 49.4 Å². The number of piperidine rings is 1. The van der Waals surface area contributed by atoms with E-state index in [1.807, 2.05) is 42.4 Å². The molecule has 0 spiro atoms. The second-order valence-electron chi connectivity index (χ2n) is 7.07. The first-order valence-electron chi connectivity index (χ1n) is 9.33. The minimum Gasteiger partial charge on any atom is -0.361 e. The second-order valence-corrected chi connectivity index (χ2v) is 7.07. The van der Waals surface area contributed by atoms with Crippen LogP contribution in [0.2, 0.25) is 0 Å². The number of para-hydroxylation sites is 1. The summed E-state index contributed by atoms with van der Waals surface area (Å²) in [5, 5.41) is 1.22. The molecule has 0 unspecified atom stereocenters. The van der Waals surface area contributed by atoms with Gasteiger partial charge in [0.15, 0.2) is 0 Å². The third-order valence-corrected chi connectivity index (χ3v) is 5.27. The predicted molar refractivity (Wildman–Crippen MR) is 102 cm³/mol. The summed E-state index contributed by atoms with van der Waals surface area (Å²) >= 11 is 0. The standard InChI is InChI=1S/C21H24N4O/c1-15-22-11-10-19(24-15)17-5-4-12-25(14-17)21(26)9-8-16-13-23-20-7-3-2-6-18(16)20/h2-3,6-7,10-11,13,17,23H,4-5,8-9,12,14H2,1H3/t17-/m1/s1. The fourth-order valence-electron chi connectivity index (χ4n) is 3.89. The Morgan fingerprint density at radius 1 is 1.31 bits per heavy atom. The molecule has 0 bridgehead atoms. The number of aryl methyl sites for hydroxylation is 2. The van der Waals surface area contributed by atoms with Crippen LogP contribution in [0.4, 0.5) is 0 Å². The van der Waals surface area contributed by atoms with Gasteiger partial charge in [0.05, 0.1) is 0 Å². The molecule has 2 aromatic heterocycles. The molecule has 26 heavy (non-hydrogen) atoms. The number of carbonyl (C=O) groups excluding carboxylic acids is 1. The quantitative estimate of drug-likeness (QED) is 0.783. The van der Waals surface area contributed by atoms with Gasteiger partial charge in [0.2, 0.25) is 5.91 Å². The third kappa shape index (κ3) is 3.47. The SMILES string of the molecule is Cc1nccc([C@@H]2CCCN(C(=O)CCc3c[nH]c4ccccc34)C2)n1. The topological polar surface area (TPSA) is 61.9 Å². The fraction of sp³-hybridized carbons (Fsp3) is 0.381. The average Bonchev–Trinajstić information content (AvgIpc) is 3.09. The lowest BCUT2D eigenvalue weighted by molar-refractivity contribution is -0.132. The Morgan fingerprint density at radius 3 is 3.08 bits per heavy atom. The van der Waals surface area contributed by atoms with Gasteiger partial charge in [-0.1, -0.05) is 18.2 Å². The van der Waals surface area contributed by atoms with E-state index in [-0.39, 0.29) is 5.91 Å². The summed E-state index contributed by atoms with van der Waals surface area (Å²) in [5.41, 5.74) is 3.41. The van der Waals surface area contributed by atoms with Gasteiger partial charge in [-0.15, -0.1) is 0 Å². The molecule has 1 atom stereocenters. The van der Waals surface area contributed by atoms with Crippen molar-refractivity contribution in [2.75, 3.05) is 13.1 Å². The van der Waals surface area contributed by atoms with E-state index in [9.17, 15) is 4.79 Å². The maximum atomic E-state index is 12.8. The van der Waals surface area contributed by atoms with Crippen LogP contribution < -0.4 is 0 Å². The molecule has 134 valence electrons. The monoisotopic (exact) mass is 348 g/mol. The van der Waals surface area contributed by atoms with Crippen LogP contribution in [0.1, 0.15) is 42.3 Å². The summed E-state index contributed by atoms with van der Waals surface area (Å²) in [6.07, 6.45) is 7.29. The molecule has 1 fully saturated rings. The zero-order chi connectivity index (χ0) is 17.9. The van der Waals surface area contributed by atoms with Gasteiger partial charge in [-0.05, 0) is 43.9 Å². The number of likely N-dealkylation sites (tertiary alicyclic amines) is 1. The van der Waals surface area contributed by atoms with Crippen molar-refractivity contribution >= 4 is 16.8 Å². The van der Waals surface area contributed by atoms with Crippen LogP contribution in [0.5, 0.6) is 0 Å². The minimum absolute atomic E-state index is 0.241. The van der Waals surface area contributed by atoms with Crippen molar-refractivity contribution in [3.05, 3.63) is 59.8 Å². The highest BCUT2D eigenvalue weighted by molar-refractivity contribution is 5.84. The second kappa shape index (κ2) is 7.28. The molecule has 1 aromatic carbocycles. The number of nitrogens with one attached hydrogen (secondary N) is 1. The molecule has 1 amide bonds. The van der Waals surface area contributed by atoms with Crippen molar-refractivity contribution in [3.63, 3.8) is 0 Å². The van der Waals surface area contributed by atoms with E-state index in [2.05, 4.69) is 27.1 Å². The number of aromatic nitrogens is 3. The molecule has 5 heteroatoms. The predicted octanol–water partition coefficient (Wildman–Crippen LogP) is 3.61. The Labute approximate surface area is 153 Å². The highest BCUT2D eigenvalue weighted by Gasteiger charge is 2.25. The fourth-order valence-corrected chi connectivity index (χ4v) is 3.89. The van der Waals surface area contributed by atoms with Crippen LogP contribution in [0, 0.1) is 6.92 Å². The highest BCUT2D eigenvalue weighted by Crippen LogP contribution is 2.26. The molecule has 4 rings (SSSR count). The largest absolute Gasteiger partial charge is 0.361 e. The number of fused-ring (bicyclic) bond motifs is 1. The van der Waals surface area contributed by atoms with Crippen molar-refractivity contribution < 1.29 is 4.79 Å². The zero-order valence-electron chi connectivity index (χ0n) is 15.1. The summed E-state index contributed by atoms with van der Waals surface area (Å²) in [4.78, 5) is 26.8. The molecule has 1 aliphatic heterocycles. The van der Waals surface area contributed by atoms with Crippen molar-refractivity contribution in [2.45, 2.75) is 38.5 Å². The van der Waals surface area contributed by atoms with Crippen LogP contribution >= 0.6 is 0 Å². The molecule has 0 aliphatic carbocycles. The lowest BCUT2D eigenvalue weighted by Crippen LogP contribution is -2.39. The lowest BCUT2D eigenvalue weighted by atomic mass is 9.94. The van der Waals surface area contributed by atoms with Crippen LogP contribution in [0.25, 0.3) is 10.9 Å². The van der Waals surface area contributed by atoms with E-state index in [1.54, 1.807) is 0 Å². The van der Waals surface area contributed by atoms with Crippen molar-refractivity contribution in [3.8, 4) is 0 Å². The molecule has 0 radical (unpaired) electrons. The van der Waals surface area contributed by atoms with E-state index >= 15 is 0 Å². The van der Waals surface area contributed by atoms with E-state index in [4.69, 9.17) is 0 Å². The van der Waals surface area contributed by atoms with Crippen LogP contribution in [0.15, 0.2) is 42.7 Å². The van der Waals surface area contributed by atoms with E-state index in [0.29, 0.717) is 12.3 Å². The molecular formula is C21H24N4O. The van der Waals surface area contributed by atoms with Crippen molar-refractivity contribution in [2.24, 2.45) is 0 Å². The Kier molecular flexibility index (Phi) is 4.69. The van der Waals surface area contributed by atoms with Gasteiger partial charge in [-0.3, -0.25) is 4.79 Å². The third-order valence-electron chi connectivity index (χ3n) is 5.27. The van der Waals surface area contributed by atoms with Gasteiger partial charge < -0.3 is 9.88 Å². The van der Waals surface area contributed by atoms with Gasteiger partial charge in [-0.25, -0.2) is 9.97 Å². The summed E-state index contributed by atoms with van der Waals surface area (Å²) in [7, 11) is 0. The van der Waals surface area contributed by atoms with Gasteiger partial charge in [-0.2, -0.15) is 0 Å². The van der Waals surface area contributed by atoms with Crippen LogP contribution in [-0.4, -0.2) is 38.8 Å². The Balaban J connectivity index is 1.40. The summed E-state index contributed by atoms with van der Waals surface area (Å²) in [5.74, 6) is 1.36. The lowest BCUT2D eigenvalue weighted by Gasteiger charge is -2.32. The number of aromatic amines is 1. The number of hydrogen-bond donors (Lipinski definition) is 1. The number of benzene rings is 1. The first-order chi connectivity index (χ1) is 12.7. The van der Waals surface area contributed by atoms with Crippen LogP contribution in [-0.2, 0) is 11.2 Å². The minimum atomic E-state index is 0.241. The van der Waals surface area contributed by atoms with Crippen molar-refractivity contribution in [1.82, 2.24) is 19.9 Å². The number of hydrogen-bond acceptors (Lipinski definition) is 3. The maximum Gasteiger partial charge on any atom is 0.222 e. The first kappa shape index (κ1) is 16.8. The molecule has 3 aromatic rings. The normalized spacial score (nSPS) is 17.6. The van der Waals surface area contributed by atoms with Crippen LogP contribution in [0.3, 0.4) is 0 Å². The average molecular weight is 348 g/mol. The summed E-state index contributed by atoms with van der Waals surface area (Å²) in [6, 6.07) is 10.2. The molecule has 1 aliphatic rings.